The Morgan fingerprint density at radius 1 is 1.47 bits per heavy atom. The molecule has 8 heteroatoms. The molecular weight excluding hydrogens is 228 g/mol. The first-order valence-corrected chi connectivity index (χ1v) is 5.08. The van der Waals surface area contributed by atoms with Crippen LogP contribution in [0.15, 0.2) is 0 Å². The van der Waals surface area contributed by atoms with Crippen LogP contribution in [0.5, 0.6) is 11.9 Å². The van der Waals surface area contributed by atoms with Crippen molar-refractivity contribution >= 4 is 11.5 Å². The number of anilines is 1. The summed E-state index contributed by atoms with van der Waals surface area (Å²) in [6, 6.07) is -0.0154. The first kappa shape index (κ1) is 12.9. The predicted molar refractivity (Wildman–Crippen MR) is 60.1 cm³/mol. The van der Waals surface area contributed by atoms with Crippen LogP contribution in [-0.4, -0.2) is 28.6 Å². The summed E-state index contributed by atoms with van der Waals surface area (Å²) in [7, 11) is 1.27. The fourth-order valence-corrected chi connectivity index (χ4v) is 1.12. The average molecular weight is 242 g/mol. The zero-order valence-electron chi connectivity index (χ0n) is 9.67. The lowest BCUT2D eigenvalue weighted by molar-refractivity contribution is -0.385. The van der Waals surface area contributed by atoms with Gasteiger partial charge in [0.25, 0.3) is 0 Å². The number of nitrogens with two attached hydrogens (primary N) is 1. The molecule has 0 aliphatic carbocycles. The van der Waals surface area contributed by atoms with Gasteiger partial charge in [-0.2, -0.15) is 9.97 Å². The maximum Gasteiger partial charge on any atom is 0.372 e. The van der Waals surface area contributed by atoms with E-state index in [2.05, 4.69) is 9.97 Å². The number of ether oxygens (including phenoxy) is 2. The van der Waals surface area contributed by atoms with Crippen molar-refractivity contribution in [2.24, 2.45) is 0 Å². The number of hydrogen-bond acceptors (Lipinski definition) is 7. The minimum atomic E-state index is -0.690. The topological polar surface area (TPSA) is 113 Å². The summed E-state index contributed by atoms with van der Waals surface area (Å²) >= 11 is 0. The second-order valence-corrected chi connectivity index (χ2v) is 3.21. The number of nitrogens with zero attached hydrogens (tertiary/aromatic N) is 3. The van der Waals surface area contributed by atoms with E-state index in [4.69, 9.17) is 15.2 Å². The molecule has 2 N–H and O–H groups in total. The summed E-state index contributed by atoms with van der Waals surface area (Å²) in [4.78, 5) is 17.5. The Bertz CT molecular complexity index is 410. The minimum absolute atomic E-state index is 0.0154. The molecular formula is C9H14N4O4. The van der Waals surface area contributed by atoms with Gasteiger partial charge in [0.2, 0.25) is 5.82 Å². The van der Waals surface area contributed by atoms with Crippen molar-refractivity contribution < 1.29 is 14.4 Å². The molecule has 0 fully saturated rings. The van der Waals surface area contributed by atoms with Crippen LogP contribution in [0.25, 0.3) is 0 Å². The molecule has 0 radical (unpaired) electrons. The quantitative estimate of drug-likeness (QED) is 0.452. The summed E-state index contributed by atoms with van der Waals surface area (Å²) < 4.78 is 9.98. The highest BCUT2D eigenvalue weighted by Crippen LogP contribution is 2.31. The van der Waals surface area contributed by atoms with Gasteiger partial charge in [-0.25, -0.2) is 0 Å². The van der Waals surface area contributed by atoms with Gasteiger partial charge in [0.15, 0.2) is 0 Å². The van der Waals surface area contributed by atoms with E-state index < -0.39 is 10.6 Å². The Kier molecular flexibility index (Phi) is 4.44. The number of rotatable bonds is 6. The van der Waals surface area contributed by atoms with E-state index in [-0.39, 0.29) is 17.7 Å². The fourth-order valence-electron chi connectivity index (χ4n) is 1.12. The Morgan fingerprint density at radius 3 is 2.71 bits per heavy atom. The normalized spacial score (nSPS) is 10.0. The molecule has 0 spiro atoms. The van der Waals surface area contributed by atoms with Gasteiger partial charge < -0.3 is 15.2 Å². The van der Waals surface area contributed by atoms with Crippen molar-refractivity contribution in [2.45, 2.75) is 19.8 Å². The van der Waals surface area contributed by atoms with Gasteiger partial charge in [-0.1, -0.05) is 13.3 Å². The van der Waals surface area contributed by atoms with Crippen LogP contribution in [0.4, 0.5) is 11.5 Å². The van der Waals surface area contributed by atoms with Crippen LogP contribution in [-0.2, 0) is 0 Å². The molecule has 0 atom stereocenters. The van der Waals surface area contributed by atoms with Crippen LogP contribution in [0.3, 0.4) is 0 Å². The zero-order valence-corrected chi connectivity index (χ0v) is 9.67. The third-order valence-electron chi connectivity index (χ3n) is 1.96. The summed E-state index contributed by atoms with van der Waals surface area (Å²) in [5, 5.41) is 10.7. The van der Waals surface area contributed by atoms with E-state index in [0.29, 0.717) is 6.61 Å². The van der Waals surface area contributed by atoms with E-state index >= 15 is 0 Å². The van der Waals surface area contributed by atoms with Gasteiger partial charge in [0, 0.05) is 0 Å². The Labute approximate surface area is 97.9 Å². The van der Waals surface area contributed by atoms with E-state index in [0.717, 1.165) is 12.8 Å². The van der Waals surface area contributed by atoms with E-state index in [1.807, 2.05) is 6.92 Å². The van der Waals surface area contributed by atoms with Gasteiger partial charge in [-0.15, -0.1) is 0 Å². The van der Waals surface area contributed by atoms with Crippen molar-refractivity contribution in [3.63, 3.8) is 0 Å². The van der Waals surface area contributed by atoms with E-state index in [9.17, 15) is 10.1 Å². The molecule has 8 nitrogen and oxygen atoms in total. The molecule has 0 saturated carbocycles. The molecule has 0 amide bonds. The maximum atomic E-state index is 10.7. The first-order chi connectivity index (χ1) is 8.10. The van der Waals surface area contributed by atoms with Crippen molar-refractivity contribution in [1.82, 2.24) is 9.97 Å². The van der Waals surface area contributed by atoms with Crippen LogP contribution < -0.4 is 15.2 Å². The van der Waals surface area contributed by atoms with Crippen molar-refractivity contribution in [1.29, 1.82) is 0 Å². The number of hydrogen-bond donors (Lipinski definition) is 1. The Hall–Kier alpha value is -2.12. The van der Waals surface area contributed by atoms with Crippen molar-refractivity contribution in [3.05, 3.63) is 10.1 Å². The molecule has 0 aliphatic rings. The monoisotopic (exact) mass is 242 g/mol. The molecule has 0 saturated heterocycles. The highest BCUT2D eigenvalue weighted by Gasteiger charge is 2.24. The first-order valence-electron chi connectivity index (χ1n) is 5.08. The average Bonchev–Trinajstić information content (AvgIpc) is 2.27. The van der Waals surface area contributed by atoms with Gasteiger partial charge >= 0.3 is 17.6 Å². The minimum Gasteiger partial charge on any atom is -0.476 e. The molecule has 1 heterocycles. The van der Waals surface area contributed by atoms with E-state index in [1.54, 1.807) is 0 Å². The standard InChI is InChI=1S/C9H14N4O4/c1-3-4-5-17-9-11-7(10)6(13(14)15)8(12-9)16-2/h3-5H2,1-2H3,(H2,10,11,12). The number of nitro groups is 1. The Morgan fingerprint density at radius 2 is 2.18 bits per heavy atom. The molecule has 0 bridgehead atoms. The van der Waals surface area contributed by atoms with Crippen LogP contribution >= 0.6 is 0 Å². The summed E-state index contributed by atoms with van der Waals surface area (Å²) in [6.45, 7) is 2.44. The van der Waals surface area contributed by atoms with Crippen molar-refractivity contribution in [2.75, 3.05) is 19.5 Å². The van der Waals surface area contributed by atoms with Gasteiger partial charge in [-0.3, -0.25) is 10.1 Å². The lowest BCUT2D eigenvalue weighted by Gasteiger charge is -2.06. The molecule has 0 aliphatic heterocycles. The largest absolute Gasteiger partial charge is 0.476 e. The summed E-state index contributed by atoms with van der Waals surface area (Å²) in [5.41, 5.74) is 5.00. The lowest BCUT2D eigenvalue weighted by atomic mass is 10.4. The summed E-state index contributed by atoms with van der Waals surface area (Å²) in [6.07, 6.45) is 1.79. The number of unbranched alkanes of at least 4 members (excludes halogenated alkanes) is 1. The molecule has 17 heavy (non-hydrogen) atoms. The zero-order chi connectivity index (χ0) is 12.8. The number of methoxy groups -OCH3 is 1. The molecule has 1 rings (SSSR count). The Balaban J connectivity index is 2.96. The highest BCUT2D eigenvalue weighted by atomic mass is 16.6. The second-order valence-electron chi connectivity index (χ2n) is 3.21. The van der Waals surface area contributed by atoms with Crippen molar-refractivity contribution in [3.8, 4) is 11.9 Å². The third kappa shape index (κ3) is 3.16. The number of aromatic nitrogens is 2. The summed E-state index contributed by atoms with van der Waals surface area (Å²) in [5.74, 6) is -0.470. The van der Waals surface area contributed by atoms with Crippen LogP contribution in [0.1, 0.15) is 19.8 Å². The van der Waals surface area contributed by atoms with Crippen LogP contribution in [0, 0.1) is 10.1 Å². The van der Waals surface area contributed by atoms with Gasteiger partial charge in [0.05, 0.1) is 18.6 Å². The molecule has 1 aromatic heterocycles. The molecule has 1 aromatic rings. The maximum absolute atomic E-state index is 10.7. The fraction of sp³-hybridized carbons (Fsp3) is 0.556. The van der Waals surface area contributed by atoms with Gasteiger partial charge in [0.1, 0.15) is 0 Å². The van der Waals surface area contributed by atoms with Gasteiger partial charge in [-0.05, 0) is 6.42 Å². The number of nitrogen functional groups attached to an aromatic ring is 1. The SMILES string of the molecule is CCCCOc1nc(N)c([N+](=O)[O-])c(OC)n1. The van der Waals surface area contributed by atoms with E-state index in [1.165, 1.54) is 7.11 Å². The molecule has 0 unspecified atom stereocenters. The predicted octanol–water partition coefficient (Wildman–Crippen LogP) is 1.15. The highest BCUT2D eigenvalue weighted by molar-refractivity contribution is 5.59. The molecule has 0 aromatic carbocycles. The lowest BCUT2D eigenvalue weighted by Crippen LogP contribution is -2.07. The molecule has 94 valence electrons. The smallest absolute Gasteiger partial charge is 0.372 e. The second kappa shape index (κ2) is 5.83. The third-order valence-corrected chi connectivity index (χ3v) is 1.96. The van der Waals surface area contributed by atoms with Crippen LogP contribution in [0.2, 0.25) is 0 Å².